The van der Waals surface area contributed by atoms with Crippen molar-refractivity contribution in [1.29, 1.82) is 0 Å². The van der Waals surface area contributed by atoms with Crippen molar-refractivity contribution in [1.82, 2.24) is 0 Å². The van der Waals surface area contributed by atoms with E-state index in [4.69, 9.17) is 5.11 Å². The van der Waals surface area contributed by atoms with Gasteiger partial charge in [0.1, 0.15) is 5.82 Å². The van der Waals surface area contributed by atoms with Crippen LogP contribution >= 0.6 is 15.9 Å². The molecular weight excluding hydrogens is 324 g/mol. The topological polar surface area (TPSA) is 46.5 Å². The van der Waals surface area contributed by atoms with E-state index in [-0.39, 0.29) is 4.47 Å². The molecule has 0 heterocycles. The second kappa shape index (κ2) is 4.85. The molecule has 1 N–H and O–H groups in total. The third-order valence-corrected chi connectivity index (χ3v) is 2.73. The minimum absolute atomic E-state index is 0.0237. The highest BCUT2D eigenvalue weighted by Gasteiger charge is 2.63. The van der Waals surface area contributed by atoms with Crippen LogP contribution in [-0.2, 0) is 15.1 Å². The largest absolute Gasteiger partial charge is 0.479 e. The van der Waals surface area contributed by atoms with Crippen molar-refractivity contribution in [2.75, 3.05) is 7.11 Å². The number of halogens is 5. The van der Waals surface area contributed by atoms with E-state index in [1.807, 2.05) is 0 Å². The van der Waals surface area contributed by atoms with E-state index >= 15 is 0 Å². The molecular formula is C10H7BrF4O3. The van der Waals surface area contributed by atoms with E-state index in [1.54, 1.807) is 0 Å². The molecule has 0 aliphatic carbocycles. The summed E-state index contributed by atoms with van der Waals surface area (Å²) < 4.78 is 56.0. The maximum Gasteiger partial charge on any atom is 0.432 e. The predicted octanol–water partition coefficient (Wildman–Crippen LogP) is 3.08. The van der Waals surface area contributed by atoms with E-state index in [9.17, 15) is 22.4 Å². The van der Waals surface area contributed by atoms with Crippen LogP contribution in [0, 0.1) is 5.82 Å². The van der Waals surface area contributed by atoms with Crippen LogP contribution < -0.4 is 0 Å². The Balaban J connectivity index is 3.58. The molecule has 8 heteroatoms. The summed E-state index contributed by atoms with van der Waals surface area (Å²) >= 11 is 2.79. The molecule has 100 valence electrons. The molecule has 0 spiro atoms. The van der Waals surface area contributed by atoms with Crippen molar-refractivity contribution in [2.45, 2.75) is 11.8 Å². The molecule has 0 aromatic heterocycles. The average Bonchev–Trinajstić information content (AvgIpc) is 2.14. The Morgan fingerprint density at radius 2 is 1.89 bits per heavy atom. The van der Waals surface area contributed by atoms with Gasteiger partial charge in [0.25, 0.3) is 5.60 Å². The number of hydrogen-bond acceptors (Lipinski definition) is 2. The molecule has 0 amide bonds. The van der Waals surface area contributed by atoms with Crippen LogP contribution in [0.2, 0.25) is 0 Å². The smallest absolute Gasteiger partial charge is 0.432 e. The Kier molecular flexibility index (Phi) is 4.02. The zero-order valence-corrected chi connectivity index (χ0v) is 10.5. The number of benzene rings is 1. The van der Waals surface area contributed by atoms with Crippen LogP contribution in [-0.4, -0.2) is 24.4 Å². The summed E-state index contributed by atoms with van der Waals surface area (Å²) in [6.07, 6.45) is -5.24. The average molecular weight is 331 g/mol. The molecule has 1 rings (SSSR count). The fraction of sp³-hybridized carbons (Fsp3) is 0.300. The molecule has 18 heavy (non-hydrogen) atoms. The second-order valence-electron chi connectivity index (χ2n) is 3.35. The number of aliphatic carboxylic acids is 1. The van der Waals surface area contributed by atoms with Crippen LogP contribution in [0.3, 0.4) is 0 Å². The highest BCUT2D eigenvalue weighted by Crippen LogP contribution is 2.43. The Morgan fingerprint density at radius 1 is 1.33 bits per heavy atom. The van der Waals surface area contributed by atoms with Crippen molar-refractivity contribution in [2.24, 2.45) is 0 Å². The zero-order valence-electron chi connectivity index (χ0n) is 8.89. The van der Waals surface area contributed by atoms with Gasteiger partial charge in [-0.05, 0) is 18.2 Å². The lowest BCUT2D eigenvalue weighted by Crippen LogP contribution is -2.50. The number of alkyl halides is 3. The van der Waals surface area contributed by atoms with E-state index in [0.717, 1.165) is 12.1 Å². The zero-order chi connectivity index (χ0) is 14.1. The first-order valence-corrected chi connectivity index (χ1v) is 5.26. The molecule has 1 aromatic carbocycles. The molecule has 0 aliphatic heterocycles. The second-order valence-corrected chi connectivity index (χ2v) is 4.26. The van der Waals surface area contributed by atoms with Crippen molar-refractivity contribution >= 4 is 21.9 Å². The Hall–Kier alpha value is -1.15. The van der Waals surface area contributed by atoms with Gasteiger partial charge in [-0.25, -0.2) is 9.18 Å². The van der Waals surface area contributed by atoms with Crippen LogP contribution in [0.4, 0.5) is 17.6 Å². The Morgan fingerprint density at radius 3 is 2.22 bits per heavy atom. The van der Waals surface area contributed by atoms with Gasteiger partial charge < -0.3 is 9.84 Å². The Bertz CT molecular complexity index is 454. The number of carboxylic acids is 1. The number of carboxylic acid groups (broad SMARTS) is 1. The van der Waals surface area contributed by atoms with Gasteiger partial charge >= 0.3 is 12.1 Å². The highest BCUT2D eigenvalue weighted by molar-refractivity contribution is 9.10. The number of hydrogen-bond donors (Lipinski definition) is 1. The standard InChI is InChI=1S/C10H7BrF4O3/c1-18-9(8(16)17,10(13,14)15)5-2-6(11)4-7(12)3-5/h2-4H,1H3,(H,16,17). The van der Waals surface area contributed by atoms with E-state index in [1.165, 1.54) is 0 Å². The lowest BCUT2D eigenvalue weighted by molar-refractivity contribution is -0.273. The molecule has 1 unspecified atom stereocenters. The third-order valence-electron chi connectivity index (χ3n) is 2.28. The van der Waals surface area contributed by atoms with Gasteiger partial charge in [0.2, 0.25) is 0 Å². The summed E-state index contributed by atoms with van der Waals surface area (Å²) in [4.78, 5) is 10.9. The van der Waals surface area contributed by atoms with Crippen molar-refractivity contribution in [3.05, 3.63) is 34.1 Å². The molecule has 0 radical (unpaired) electrons. The van der Waals surface area contributed by atoms with Crippen LogP contribution in [0.15, 0.2) is 22.7 Å². The predicted molar refractivity (Wildman–Crippen MR) is 56.5 cm³/mol. The van der Waals surface area contributed by atoms with Gasteiger partial charge in [0.15, 0.2) is 0 Å². The molecule has 1 atom stereocenters. The normalized spacial score (nSPS) is 15.2. The molecule has 0 saturated heterocycles. The minimum atomic E-state index is -5.24. The summed E-state index contributed by atoms with van der Waals surface area (Å²) in [5, 5.41) is 8.81. The van der Waals surface area contributed by atoms with Crippen molar-refractivity contribution in [3.63, 3.8) is 0 Å². The SMILES string of the molecule is COC(C(=O)O)(c1cc(F)cc(Br)c1)C(F)(F)F. The molecule has 3 nitrogen and oxygen atoms in total. The van der Waals surface area contributed by atoms with Crippen molar-refractivity contribution < 1.29 is 32.2 Å². The quantitative estimate of drug-likeness (QED) is 0.866. The maximum atomic E-state index is 13.1. The van der Waals surface area contributed by atoms with Gasteiger partial charge in [0, 0.05) is 17.1 Å². The van der Waals surface area contributed by atoms with E-state index in [0.29, 0.717) is 13.2 Å². The first-order valence-electron chi connectivity index (χ1n) is 4.47. The molecule has 0 aliphatic rings. The van der Waals surface area contributed by atoms with Crippen LogP contribution in [0.25, 0.3) is 0 Å². The summed E-state index contributed by atoms with van der Waals surface area (Å²) in [5.74, 6) is -3.28. The summed E-state index contributed by atoms with van der Waals surface area (Å²) in [6, 6.07) is 2.21. The first kappa shape index (κ1) is 14.9. The monoisotopic (exact) mass is 330 g/mol. The lowest BCUT2D eigenvalue weighted by Gasteiger charge is -2.30. The molecule has 0 saturated carbocycles. The van der Waals surface area contributed by atoms with E-state index < -0.39 is 29.1 Å². The lowest BCUT2D eigenvalue weighted by atomic mass is 9.93. The number of carbonyl (C=O) groups is 1. The molecule has 0 bridgehead atoms. The van der Waals surface area contributed by atoms with Gasteiger partial charge in [-0.15, -0.1) is 0 Å². The molecule has 1 aromatic rings. The van der Waals surface area contributed by atoms with Gasteiger partial charge in [-0.2, -0.15) is 13.2 Å². The summed E-state index contributed by atoms with van der Waals surface area (Å²) in [5.41, 5.74) is -4.45. The fourth-order valence-electron chi connectivity index (χ4n) is 1.49. The highest BCUT2D eigenvalue weighted by atomic mass is 79.9. The van der Waals surface area contributed by atoms with Gasteiger partial charge in [-0.1, -0.05) is 15.9 Å². The fourth-order valence-corrected chi connectivity index (χ4v) is 1.95. The third kappa shape index (κ3) is 2.35. The van der Waals surface area contributed by atoms with Crippen molar-refractivity contribution in [3.8, 4) is 0 Å². The first-order chi connectivity index (χ1) is 8.15. The minimum Gasteiger partial charge on any atom is -0.479 e. The van der Waals surface area contributed by atoms with Gasteiger partial charge in [0.05, 0.1) is 0 Å². The Labute approximate surface area is 107 Å². The van der Waals surface area contributed by atoms with Gasteiger partial charge in [-0.3, -0.25) is 0 Å². The molecule has 0 fully saturated rings. The maximum absolute atomic E-state index is 13.1. The number of ether oxygens (including phenoxy) is 1. The summed E-state index contributed by atoms with van der Waals surface area (Å²) in [7, 11) is 0.598. The van der Waals surface area contributed by atoms with E-state index in [2.05, 4.69) is 20.7 Å². The summed E-state index contributed by atoms with van der Waals surface area (Å²) in [6.45, 7) is 0. The number of methoxy groups -OCH3 is 1. The number of rotatable bonds is 3. The van der Waals surface area contributed by atoms with Crippen LogP contribution in [0.1, 0.15) is 5.56 Å². The van der Waals surface area contributed by atoms with Crippen LogP contribution in [0.5, 0.6) is 0 Å².